The van der Waals surface area contributed by atoms with Gasteiger partial charge in [0.25, 0.3) is 0 Å². The monoisotopic (exact) mass is 410 g/mol. The molecule has 0 spiro atoms. The number of fused-ring (bicyclic) bond motifs is 1. The summed E-state index contributed by atoms with van der Waals surface area (Å²) in [5.74, 6) is -0.715. The van der Waals surface area contributed by atoms with Gasteiger partial charge in [-0.15, -0.1) is 0 Å². The highest BCUT2D eigenvalue weighted by Gasteiger charge is 2.30. The number of hydrogen-bond acceptors (Lipinski definition) is 3. The van der Waals surface area contributed by atoms with Crippen LogP contribution in [0.15, 0.2) is 23.3 Å². The first-order chi connectivity index (χ1) is 12.5. The lowest BCUT2D eigenvalue weighted by molar-refractivity contribution is 0.372. The van der Waals surface area contributed by atoms with Crippen LogP contribution in [0, 0.1) is 0 Å². The van der Waals surface area contributed by atoms with E-state index >= 15 is 0 Å². The van der Waals surface area contributed by atoms with Gasteiger partial charge in [-0.2, -0.15) is 0 Å². The quantitative estimate of drug-likeness (QED) is 0.471. The van der Waals surface area contributed by atoms with E-state index in [2.05, 4.69) is 17.5 Å². The molecule has 1 aromatic rings. The van der Waals surface area contributed by atoms with Gasteiger partial charge in [0.2, 0.25) is 0 Å². The van der Waals surface area contributed by atoms with Crippen LogP contribution in [0.4, 0.5) is 0 Å². The molecule has 0 unspecified atom stereocenters. The number of phenols is 2. The van der Waals surface area contributed by atoms with E-state index in [9.17, 15) is 10.2 Å². The molecule has 1 aliphatic heterocycles. The average molecular weight is 411 g/mol. The maximum absolute atomic E-state index is 9.98. The molecule has 4 nitrogen and oxygen atoms in total. The summed E-state index contributed by atoms with van der Waals surface area (Å²) in [7, 11) is 0. The highest BCUT2D eigenvalue weighted by atomic mass is 35.5. The van der Waals surface area contributed by atoms with E-state index in [1.807, 2.05) is 4.90 Å². The van der Waals surface area contributed by atoms with Crippen LogP contribution in [0.1, 0.15) is 36.8 Å². The van der Waals surface area contributed by atoms with Crippen LogP contribution in [-0.4, -0.2) is 32.8 Å². The highest BCUT2D eigenvalue weighted by Crippen LogP contribution is 2.46. The normalized spacial score (nSPS) is 21.6. The Kier molecular flexibility index (Phi) is 4.80. The predicted molar refractivity (Wildman–Crippen MR) is 108 cm³/mol. The van der Waals surface area contributed by atoms with Crippen molar-refractivity contribution in [2.75, 3.05) is 6.54 Å². The Morgan fingerprint density at radius 2 is 1.85 bits per heavy atom. The number of allylic oxidation sites excluding steroid dienone is 2. The second kappa shape index (κ2) is 6.95. The van der Waals surface area contributed by atoms with Gasteiger partial charge in [-0.1, -0.05) is 40.9 Å². The summed E-state index contributed by atoms with van der Waals surface area (Å²) in [6.07, 6.45) is 9.57. The lowest BCUT2D eigenvalue weighted by atomic mass is 9.98. The van der Waals surface area contributed by atoms with Crippen LogP contribution in [0.3, 0.4) is 0 Å². The lowest BCUT2D eigenvalue weighted by Crippen LogP contribution is -2.46. The molecule has 1 aromatic carbocycles. The SMILES string of the molecule is Oc1c(O)c(Cl)c2c(c1Cl)CCN(C(=S)N[C@H]1CCC3=C1C=CCC3)C2. The van der Waals surface area contributed by atoms with E-state index in [1.54, 1.807) is 5.57 Å². The van der Waals surface area contributed by atoms with Crippen LogP contribution >= 0.6 is 35.4 Å². The third-order valence-corrected chi connectivity index (χ3v) is 6.72. The minimum Gasteiger partial charge on any atom is -0.503 e. The number of rotatable bonds is 1. The smallest absolute Gasteiger partial charge is 0.178 e. The Balaban J connectivity index is 1.52. The van der Waals surface area contributed by atoms with Gasteiger partial charge in [-0.25, -0.2) is 0 Å². The fourth-order valence-corrected chi connectivity index (χ4v) is 4.96. The van der Waals surface area contributed by atoms with Gasteiger partial charge in [0.05, 0.1) is 16.1 Å². The summed E-state index contributed by atoms with van der Waals surface area (Å²) < 4.78 is 0. The molecule has 0 aromatic heterocycles. The maximum Gasteiger partial charge on any atom is 0.178 e. The molecule has 3 N–H and O–H groups in total. The minimum absolute atomic E-state index is 0.149. The average Bonchev–Trinajstić information content (AvgIpc) is 3.07. The summed E-state index contributed by atoms with van der Waals surface area (Å²) in [4.78, 5) is 2.04. The largest absolute Gasteiger partial charge is 0.503 e. The van der Waals surface area contributed by atoms with Gasteiger partial charge >= 0.3 is 0 Å². The Hall–Kier alpha value is -1.43. The molecule has 1 heterocycles. The third-order valence-electron chi connectivity index (χ3n) is 5.53. The zero-order valence-corrected chi connectivity index (χ0v) is 16.5. The van der Waals surface area contributed by atoms with E-state index in [4.69, 9.17) is 35.4 Å². The Morgan fingerprint density at radius 3 is 2.62 bits per heavy atom. The number of thiocarbonyl (C=S) groups is 1. The van der Waals surface area contributed by atoms with Gasteiger partial charge in [0.1, 0.15) is 0 Å². The van der Waals surface area contributed by atoms with Crippen molar-refractivity contribution in [1.82, 2.24) is 10.2 Å². The van der Waals surface area contributed by atoms with Gasteiger partial charge in [0.15, 0.2) is 16.6 Å². The molecule has 2 aliphatic carbocycles. The number of nitrogens with one attached hydrogen (secondary N) is 1. The zero-order valence-electron chi connectivity index (χ0n) is 14.2. The Bertz CT molecular complexity index is 851. The molecule has 3 aliphatic rings. The number of halogens is 2. The van der Waals surface area contributed by atoms with Crippen molar-refractivity contribution in [3.05, 3.63) is 44.5 Å². The lowest BCUT2D eigenvalue weighted by Gasteiger charge is -2.34. The first kappa shape index (κ1) is 18.0. The maximum atomic E-state index is 9.98. The van der Waals surface area contributed by atoms with Crippen LogP contribution in [0.25, 0.3) is 0 Å². The van der Waals surface area contributed by atoms with Gasteiger partial charge in [-0.05, 0) is 61.0 Å². The zero-order chi connectivity index (χ0) is 18.4. The molecule has 0 saturated carbocycles. The summed E-state index contributed by atoms with van der Waals surface area (Å²) in [5.41, 5.74) is 4.45. The van der Waals surface area contributed by atoms with Crippen molar-refractivity contribution >= 4 is 40.5 Å². The van der Waals surface area contributed by atoms with Crippen molar-refractivity contribution in [1.29, 1.82) is 0 Å². The van der Waals surface area contributed by atoms with Crippen LogP contribution < -0.4 is 5.32 Å². The van der Waals surface area contributed by atoms with Crippen molar-refractivity contribution in [3.8, 4) is 11.5 Å². The number of benzene rings is 1. The van der Waals surface area contributed by atoms with E-state index in [0.29, 0.717) is 24.6 Å². The van der Waals surface area contributed by atoms with Crippen LogP contribution in [0.5, 0.6) is 11.5 Å². The summed E-state index contributed by atoms with van der Waals surface area (Å²) in [5, 5.41) is 24.4. The molecular weight excluding hydrogens is 391 g/mol. The molecule has 0 saturated heterocycles. The molecular formula is C19H20Cl2N2O2S. The predicted octanol–water partition coefficient (Wildman–Crippen LogP) is 4.45. The minimum atomic E-state index is -0.367. The second-order valence-corrected chi connectivity index (χ2v) is 8.14. The van der Waals surface area contributed by atoms with Crippen molar-refractivity contribution < 1.29 is 10.2 Å². The van der Waals surface area contributed by atoms with Gasteiger partial charge < -0.3 is 20.4 Å². The van der Waals surface area contributed by atoms with Crippen molar-refractivity contribution in [2.24, 2.45) is 0 Å². The topological polar surface area (TPSA) is 55.7 Å². The molecule has 7 heteroatoms. The molecule has 0 bridgehead atoms. The van der Waals surface area contributed by atoms with Gasteiger partial charge in [-0.3, -0.25) is 0 Å². The highest BCUT2D eigenvalue weighted by molar-refractivity contribution is 7.80. The van der Waals surface area contributed by atoms with Crippen molar-refractivity contribution in [2.45, 2.75) is 44.7 Å². The molecule has 1 atom stereocenters. The number of phenolic OH excluding ortho intramolecular Hbond substituents is 2. The van der Waals surface area contributed by atoms with E-state index in [1.165, 1.54) is 5.57 Å². The van der Waals surface area contributed by atoms with Gasteiger partial charge in [0, 0.05) is 13.1 Å². The summed E-state index contributed by atoms with van der Waals surface area (Å²) >= 11 is 18.1. The molecule has 26 heavy (non-hydrogen) atoms. The van der Waals surface area contributed by atoms with E-state index in [0.717, 1.165) is 36.8 Å². The number of hydrogen-bond donors (Lipinski definition) is 3. The third kappa shape index (κ3) is 2.96. The van der Waals surface area contributed by atoms with Crippen molar-refractivity contribution in [3.63, 3.8) is 0 Å². The molecule has 4 rings (SSSR count). The molecule has 138 valence electrons. The number of nitrogens with zero attached hydrogens (tertiary/aromatic N) is 1. The Labute approximate surface area is 168 Å². The number of aromatic hydroxyl groups is 2. The standard InChI is InChI=1S/C19H20Cl2N2O2S/c20-15-12-7-8-23(9-13(12)16(21)18(25)17(15)24)19(26)22-14-6-5-10-3-1-2-4-11(10)14/h2,4,14,24-25H,1,3,5-9H2,(H,22,26)/t14-/m0/s1. The fraction of sp³-hybridized carbons (Fsp3) is 0.421. The molecule has 0 amide bonds. The Morgan fingerprint density at radius 1 is 1.12 bits per heavy atom. The second-order valence-electron chi connectivity index (χ2n) is 6.99. The first-order valence-electron chi connectivity index (χ1n) is 8.82. The van der Waals surface area contributed by atoms with E-state index in [-0.39, 0.29) is 27.6 Å². The summed E-state index contributed by atoms with van der Waals surface area (Å²) in [6.45, 7) is 1.15. The van der Waals surface area contributed by atoms with E-state index < -0.39 is 0 Å². The van der Waals surface area contributed by atoms with Crippen LogP contribution in [-0.2, 0) is 13.0 Å². The molecule has 0 radical (unpaired) electrons. The summed E-state index contributed by atoms with van der Waals surface area (Å²) in [6, 6.07) is 0.266. The first-order valence-corrected chi connectivity index (χ1v) is 9.98. The molecule has 0 fully saturated rings. The van der Waals surface area contributed by atoms with Crippen LogP contribution in [0.2, 0.25) is 10.0 Å². The fourth-order valence-electron chi connectivity index (χ4n) is 4.10.